The largest absolute Gasteiger partial charge is 0.484 e. The molecule has 1 aliphatic carbocycles. The molecule has 3 aromatic carbocycles. The summed E-state index contributed by atoms with van der Waals surface area (Å²) >= 11 is 6.44. The Morgan fingerprint density at radius 2 is 1.42 bits per heavy atom. The Morgan fingerprint density at radius 3 is 2.23 bits per heavy atom. The number of ether oxygens (including phenoxy) is 1. The quantitative estimate of drug-likeness (QED) is 0.499. The van der Waals surface area contributed by atoms with E-state index in [1.165, 1.54) is 16.7 Å². The van der Waals surface area contributed by atoms with Gasteiger partial charge in [0.25, 0.3) is 0 Å². The summed E-state index contributed by atoms with van der Waals surface area (Å²) in [6, 6.07) is 23.0. The molecule has 0 N–H and O–H groups in total. The van der Waals surface area contributed by atoms with Crippen LogP contribution in [0.1, 0.15) is 11.5 Å². The van der Waals surface area contributed by atoms with E-state index in [2.05, 4.69) is 66.8 Å². The maximum atomic E-state index is 6.44. The van der Waals surface area contributed by atoms with Gasteiger partial charge >= 0.3 is 0 Å². The summed E-state index contributed by atoms with van der Waals surface area (Å²) in [4.78, 5) is 0. The van der Waals surface area contributed by atoms with Crippen LogP contribution in [-0.2, 0) is 0 Å². The lowest BCUT2D eigenvalue weighted by Gasteiger charge is -2.14. The molecule has 0 fully saturated rings. The standard InChI is InChI=1S/C24H17ClO/c25-19-14-21(24-22(15-19)20-8-4-5-9-23(20)26-24)18-12-10-17(11-13-18)16-6-2-1-3-7-16/h1-15,20,23H. The molecule has 0 bridgehead atoms. The predicted molar refractivity (Wildman–Crippen MR) is 108 cm³/mol. The van der Waals surface area contributed by atoms with E-state index in [1.807, 2.05) is 24.3 Å². The molecule has 0 amide bonds. The van der Waals surface area contributed by atoms with Gasteiger partial charge in [-0.2, -0.15) is 0 Å². The summed E-state index contributed by atoms with van der Waals surface area (Å²) in [6.45, 7) is 0. The lowest BCUT2D eigenvalue weighted by molar-refractivity contribution is 0.270. The molecule has 1 heterocycles. The third-order valence-electron chi connectivity index (χ3n) is 5.08. The molecular formula is C24H17ClO. The molecule has 0 radical (unpaired) electrons. The van der Waals surface area contributed by atoms with Crippen LogP contribution in [0, 0.1) is 0 Å². The van der Waals surface area contributed by atoms with Gasteiger partial charge in [-0.3, -0.25) is 0 Å². The molecule has 26 heavy (non-hydrogen) atoms. The highest BCUT2D eigenvalue weighted by molar-refractivity contribution is 6.31. The van der Waals surface area contributed by atoms with Gasteiger partial charge in [-0.15, -0.1) is 0 Å². The summed E-state index contributed by atoms with van der Waals surface area (Å²) in [6.07, 6.45) is 8.49. The number of rotatable bonds is 2. The van der Waals surface area contributed by atoms with Crippen molar-refractivity contribution in [1.29, 1.82) is 0 Å². The van der Waals surface area contributed by atoms with Crippen LogP contribution in [0.2, 0.25) is 5.02 Å². The van der Waals surface area contributed by atoms with Crippen LogP contribution in [0.15, 0.2) is 91.0 Å². The van der Waals surface area contributed by atoms with Gasteiger partial charge in [-0.1, -0.05) is 84.4 Å². The number of fused-ring (bicyclic) bond motifs is 3. The molecule has 3 aromatic rings. The zero-order valence-electron chi connectivity index (χ0n) is 14.1. The van der Waals surface area contributed by atoms with E-state index in [9.17, 15) is 0 Å². The van der Waals surface area contributed by atoms with Crippen LogP contribution in [0.5, 0.6) is 5.75 Å². The smallest absolute Gasteiger partial charge is 0.132 e. The first kappa shape index (κ1) is 15.5. The molecule has 2 aliphatic rings. The van der Waals surface area contributed by atoms with Gasteiger partial charge in [0.1, 0.15) is 11.9 Å². The van der Waals surface area contributed by atoms with Crippen molar-refractivity contribution in [3.63, 3.8) is 0 Å². The molecule has 2 atom stereocenters. The molecule has 1 nitrogen and oxygen atoms in total. The van der Waals surface area contributed by atoms with Crippen molar-refractivity contribution < 1.29 is 4.74 Å². The molecule has 0 saturated heterocycles. The Labute approximate surface area is 158 Å². The second-order valence-electron chi connectivity index (χ2n) is 6.69. The lowest BCUT2D eigenvalue weighted by atomic mass is 9.90. The Hall–Kier alpha value is -2.77. The molecule has 0 aromatic heterocycles. The van der Waals surface area contributed by atoms with E-state index in [4.69, 9.17) is 16.3 Å². The normalized spacial score (nSPS) is 19.7. The van der Waals surface area contributed by atoms with Crippen molar-refractivity contribution in [2.45, 2.75) is 12.0 Å². The first-order valence-electron chi connectivity index (χ1n) is 8.80. The van der Waals surface area contributed by atoms with Crippen molar-refractivity contribution in [1.82, 2.24) is 0 Å². The van der Waals surface area contributed by atoms with Crippen molar-refractivity contribution in [2.24, 2.45) is 0 Å². The van der Waals surface area contributed by atoms with E-state index < -0.39 is 0 Å². The second kappa shape index (κ2) is 6.19. The fourth-order valence-electron chi connectivity index (χ4n) is 3.80. The van der Waals surface area contributed by atoms with E-state index in [0.717, 1.165) is 21.9 Å². The highest BCUT2D eigenvalue weighted by atomic mass is 35.5. The van der Waals surface area contributed by atoms with Gasteiger partial charge in [-0.25, -0.2) is 0 Å². The second-order valence-corrected chi connectivity index (χ2v) is 7.13. The Kier molecular flexibility index (Phi) is 3.69. The highest BCUT2D eigenvalue weighted by Crippen LogP contribution is 2.48. The number of benzene rings is 3. The van der Waals surface area contributed by atoms with Crippen LogP contribution in [0.3, 0.4) is 0 Å². The minimum Gasteiger partial charge on any atom is -0.484 e. The zero-order chi connectivity index (χ0) is 17.5. The Balaban J connectivity index is 1.58. The first-order chi connectivity index (χ1) is 12.8. The maximum Gasteiger partial charge on any atom is 0.132 e. The van der Waals surface area contributed by atoms with Gasteiger partial charge in [0.15, 0.2) is 0 Å². The monoisotopic (exact) mass is 356 g/mol. The van der Waals surface area contributed by atoms with Crippen LogP contribution in [0.25, 0.3) is 22.3 Å². The average Bonchev–Trinajstić information content (AvgIpc) is 3.07. The number of allylic oxidation sites excluding steroid dienone is 2. The summed E-state index contributed by atoms with van der Waals surface area (Å²) in [5.41, 5.74) is 5.77. The van der Waals surface area contributed by atoms with Gasteiger partial charge in [0, 0.05) is 22.1 Å². The van der Waals surface area contributed by atoms with E-state index in [0.29, 0.717) is 0 Å². The topological polar surface area (TPSA) is 9.23 Å². The van der Waals surface area contributed by atoms with Crippen molar-refractivity contribution >= 4 is 11.6 Å². The fourth-order valence-corrected chi connectivity index (χ4v) is 4.02. The SMILES string of the molecule is Clc1cc(-c2ccc(-c3ccccc3)cc2)c2c(c1)C1C=CC=CC1O2. The van der Waals surface area contributed by atoms with Crippen molar-refractivity contribution in [2.75, 3.05) is 0 Å². The minimum atomic E-state index is 0.0656. The first-order valence-corrected chi connectivity index (χ1v) is 9.18. The fraction of sp³-hybridized carbons (Fsp3) is 0.0833. The minimum absolute atomic E-state index is 0.0656. The van der Waals surface area contributed by atoms with Crippen molar-refractivity contribution in [3.8, 4) is 28.0 Å². The van der Waals surface area contributed by atoms with Gasteiger partial charge in [0.05, 0.1) is 0 Å². The third kappa shape index (κ3) is 2.56. The van der Waals surface area contributed by atoms with E-state index in [1.54, 1.807) is 0 Å². The number of hydrogen-bond donors (Lipinski definition) is 0. The summed E-state index contributed by atoms with van der Waals surface area (Å²) in [5, 5.41) is 0.748. The highest BCUT2D eigenvalue weighted by Gasteiger charge is 2.34. The van der Waals surface area contributed by atoms with Crippen LogP contribution >= 0.6 is 11.6 Å². The third-order valence-corrected chi connectivity index (χ3v) is 5.30. The van der Waals surface area contributed by atoms with E-state index in [-0.39, 0.29) is 12.0 Å². The number of halogens is 1. The molecule has 0 spiro atoms. The zero-order valence-corrected chi connectivity index (χ0v) is 14.9. The summed E-state index contributed by atoms with van der Waals surface area (Å²) in [5.74, 6) is 1.20. The average molecular weight is 357 g/mol. The summed E-state index contributed by atoms with van der Waals surface area (Å²) in [7, 11) is 0. The van der Waals surface area contributed by atoms with Crippen LogP contribution in [-0.4, -0.2) is 6.10 Å². The van der Waals surface area contributed by atoms with Crippen LogP contribution < -0.4 is 4.74 Å². The molecule has 1 aliphatic heterocycles. The molecule has 2 heteroatoms. The molecule has 126 valence electrons. The number of hydrogen-bond acceptors (Lipinski definition) is 1. The molecule has 0 saturated carbocycles. The van der Waals surface area contributed by atoms with Crippen molar-refractivity contribution in [3.05, 3.63) is 102 Å². The molecule has 5 rings (SSSR count). The summed E-state index contributed by atoms with van der Waals surface area (Å²) < 4.78 is 6.27. The van der Waals surface area contributed by atoms with Crippen LogP contribution in [0.4, 0.5) is 0 Å². The Bertz CT molecular complexity index is 1020. The van der Waals surface area contributed by atoms with Gasteiger partial charge in [-0.05, 0) is 34.9 Å². The molecule has 2 unspecified atom stereocenters. The van der Waals surface area contributed by atoms with E-state index >= 15 is 0 Å². The van der Waals surface area contributed by atoms with Gasteiger partial charge < -0.3 is 4.74 Å². The van der Waals surface area contributed by atoms with Gasteiger partial charge in [0.2, 0.25) is 0 Å². The predicted octanol–water partition coefficient (Wildman–Crippen LogP) is 6.64. The lowest BCUT2D eigenvalue weighted by Crippen LogP contribution is -2.15. The Morgan fingerprint density at radius 1 is 0.731 bits per heavy atom. The molecular weight excluding hydrogens is 340 g/mol. The maximum absolute atomic E-state index is 6.44.